The minimum Gasteiger partial charge on any atom is -0.311 e. The summed E-state index contributed by atoms with van der Waals surface area (Å²) in [5.74, 6) is 1.16. The Bertz CT molecular complexity index is 451. The Morgan fingerprint density at radius 1 is 1.35 bits per heavy atom. The molecule has 1 amide bonds. The summed E-state index contributed by atoms with van der Waals surface area (Å²) in [5.41, 5.74) is 1.07. The van der Waals surface area contributed by atoms with Gasteiger partial charge in [0.1, 0.15) is 5.82 Å². The number of anilines is 1. The molecule has 1 aromatic rings. The van der Waals surface area contributed by atoms with Crippen molar-refractivity contribution in [3.63, 3.8) is 0 Å². The maximum absolute atomic E-state index is 11.8. The van der Waals surface area contributed by atoms with Gasteiger partial charge in [-0.2, -0.15) is 4.91 Å². The van der Waals surface area contributed by atoms with Gasteiger partial charge < -0.3 is 5.32 Å². The molecule has 1 aliphatic carbocycles. The number of aryl methyl sites for hydroxylation is 1. The molecule has 1 aromatic heterocycles. The largest absolute Gasteiger partial charge is 0.311 e. The second-order valence-corrected chi connectivity index (χ2v) is 5.59. The van der Waals surface area contributed by atoms with Gasteiger partial charge in [0.15, 0.2) is 0 Å². The number of carbonyl (C=O) groups excluding carboxylic acids is 1. The van der Waals surface area contributed by atoms with Crippen molar-refractivity contribution >= 4 is 11.7 Å². The first-order valence-electron chi connectivity index (χ1n) is 7.22. The van der Waals surface area contributed by atoms with E-state index in [1.807, 2.05) is 19.1 Å². The molecule has 1 saturated carbocycles. The summed E-state index contributed by atoms with van der Waals surface area (Å²) in [6.07, 6.45) is 6.88. The number of pyridine rings is 1. The normalized spacial score (nSPS) is 22.2. The molecule has 0 radical (unpaired) electrons. The lowest BCUT2D eigenvalue weighted by atomic mass is 9.84. The first kappa shape index (κ1) is 14.6. The molecule has 1 heterocycles. The average molecular weight is 275 g/mol. The Hall–Kier alpha value is -1.78. The van der Waals surface area contributed by atoms with Crippen LogP contribution < -0.4 is 5.32 Å². The Kier molecular flexibility index (Phi) is 5.21. The van der Waals surface area contributed by atoms with E-state index >= 15 is 0 Å². The number of carbonyl (C=O) groups is 1. The van der Waals surface area contributed by atoms with Crippen LogP contribution in [0.2, 0.25) is 0 Å². The van der Waals surface area contributed by atoms with Crippen LogP contribution in [0.4, 0.5) is 5.82 Å². The van der Waals surface area contributed by atoms with E-state index in [0.29, 0.717) is 18.2 Å². The van der Waals surface area contributed by atoms with Crippen molar-refractivity contribution < 1.29 is 4.79 Å². The smallest absolute Gasteiger partial charge is 0.225 e. The van der Waals surface area contributed by atoms with Gasteiger partial charge >= 0.3 is 0 Å². The zero-order valence-electron chi connectivity index (χ0n) is 11.8. The SMILES string of the molecule is Cc1ccc(NC(=O)CCC2CCC(N=O)CC2)nc1. The van der Waals surface area contributed by atoms with E-state index in [2.05, 4.69) is 15.5 Å². The third-order valence-electron chi connectivity index (χ3n) is 3.92. The van der Waals surface area contributed by atoms with Crippen molar-refractivity contribution in [2.75, 3.05) is 5.32 Å². The first-order chi connectivity index (χ1) is 9.67. The fourth-order valence-electron chi connectivity index (χ4n) is 2.62. The summed E-state index contributed by atoms with van der Waals surface area (Å²) < 4.78 is 0. The molecule has 20 heavy (non-hydrogen) atoms. The van der Waals surface area contributed by atoms with Gasteiger partial charge in [0, 0.05) is 12.6 Å². The third-order valence-corrected chi connectivity index (χ3v) is 3.92. The molecule has 0 atom stereocenters. The lowest BCUT2D eigenvalue weighted by Crippen LogP contribution is -2.19. The molecular formula is C15H21N3O2. The predicted octanol–water partition coefficient (Wildman–Crippen LogP) is 3.43. The van der Waals surface area contributed by atoms with Gasteiger partial charge in [-0.1, -0.05) is 11.2 Å². The van der Waals surface area contributed by atoms with Crippen molar-refractivity contribution in [1.82, 2.24) is 4.98 Å². The van der Waals surface area contributed by atoms with Crippen LogP contribution in [0.3, 0.4) is 0 Å². The highest BCUT2D eigenvalue weighted by Crippen LogP contribution is 2.29. The number of hydrogen-bond acceptors (Lipinski definition) is 4. The maximum atomic E-state index is 11.8. The molecule has 0 aromatic carbocycles. The van der Waals surface area contributed by atoms with E-state index in [0.717, 1.165) is 37.7 Å². The van der Waals surface area contributed by atoms with Gasteiger partial charge in [0.2, 0.25) is 5.91 Å². The van der Waals surface area contributed by atoms with E-state index < -0.39 is 0 Å². The van der Waals surface area contributed by atoms with Crippen LogP contribution >= 0.6 is 0 Å². The Morgan fingerprint density at radius 3 is 2.70 bits per heavy atom. The van der Waals surface area contributed by atoms with E-state index in [9.17, 15) is 9.70 Å². The molecule has 1 N–H and O–H groups in total. The van der Waals surface area contributed by atoms with Crippen LogP contribution in [0.5, 0.6) is 0 Å². The standard InChI is InChI=1S/C15H21N3O2/c1-11-2-8-14(16-10-11)17-15(19)9-5-12-3-6-13(18-20)7-4-12/h2,8,10,12-13H,3-7,9H2,1H3,(H,16,17,19). The van der Waals surface area contributed by atoms with Gasteiger partial charge in [-0.25, -0.2) is 4.98 Å². The van der Waals surface area contributed by atoms with E-state index in [4.69, 9.17) is 0 Å². The lowest BCUT2D eigenvalue weighted by molar-refractivity contribution is -0.116. The highest BCUT2D eigenvalue weighted by Gasteiger charge is 2.22. The van der Waals surface area contributed by atoms with Gasteiger partial charge in [-0.15, -0.1) is 0 Å². The monoisotopic (exact) mass is 275 g/mol. The Balaban J connectivity index is 1.70. The number of rotatable bonds is 5. The second-order valence-electron chi connectivity index (χ2n) is 5.59. The average Bonchev–Trinajstić information content (AvgIpc) is 2.48. The van der Waals surface area contributed by atoms with Gasteiger partial charge in [0.05, 0.1) is 6.04 Å². The van der Waals surface area contributed by atoms with E-state index in [1.54, 1.807) is 6.20 Å². The van der Waals surface area contributed by atoms with E-state index in [1.165, 1.54) is 0 Å². The highest BCUT2D eigenvalue weighted by atomic mass is 16.3. The van der Waals surface area contributed by atoms with Crippen molar-refractivity contribution in [2.45, 2.75) is 51.5 Å². The zero-order chi connectivity index (χ0) is 14.4. The molecule has 1 fully saturated rings. The fourth-order valence-corrected chi connectivity index (χ4v) is 2.62. The van der Waals surface area contributed by atoms with Gasteiger partial charge in [-0.05, 0) is 56.6 Å². The fraction of sp³-hybridized carbons (Fsp3) is 0.600. The first-order valence-corrected chi connectivity index (χ1v) is 7.22. The highest BCUT2D eigenvalue weighted by molar-refractivity contribution is 5.89. The van der Waals surface area contributed by atoms with Gasteiger partial charge in [0.25, 0.3) is 0 Å². The number of aromatic nitrogens is 1. The molecule has 2 rings (SSSR count). The van der Waals surface area contributed by atoms with Crippen molar-refractivity contribution in [1.29, 1.82) is 0 Å². The van der Waals surface area contributed by atoms with Crippen LogP contribution in [0, 0.1) is 17.7 Å². The number of nitroso groups, excluding NO2 is 1. The Labute approximate surface area is 119 Å². The number of hydrogen-bond donors (Lipinski definition) is 1. The van der Waals surface area contributed by atoms with Crippen LogP contribution in [0.15, 0.2) is 23.5 Å². The summed E-state index contributed by atoms with van der Waals surface area (Å²) in [6, 6.07) is 3.74. The number of amides is 1. The molecule has 0 saturated heterocycles. The summed E-state index contributed by atoms with van der Waals surface area (Å²) in [7, 11) is 0. The number of nitrogens with one attached hydrogen (secondary N) is 1. The van der Waals surface area contributed by atoms with Crippen molar-refractivity contribution in [3.8, 4) is 0 Å². The molecule has 0 unspecified atom stereocenters. The number of nitrogens with zero attached hydrogens (tertiary/aromatic N) is 2. The van der Waals surface area contributed by atoms with Crippen LogP contribution in [0.1, 0.15) is 44.1 Å². The van der Waals surface area contributed by atoms with Crippen LogP contribution in [-0.2, 0) is 4.79 Å². The van der Waals surface area contributed by atoms with Crippen molar-refractivity contribution in [3.05, 3.63) is 28.8 Å². The zero-order valence-corrected chi connectivity index (χ0v) is 11.8. The van der Waals surface area contributed by atoms with E-state index in [-0.39, 0.29) is 11.9 Å². The summed E-state index contributed by atoms with van der Waals surface area (Å²) in [4.78, 5) is 26.4. The van der Waals surface area contributed by atoms with Crippen molar-refractivity contribution in [2.24, 2.45) is 11.1 Å². The molecule has 108 valence electrons. The molecule has 5 nitrogen and oxygen atoms in total. The lowest BCUT2D eigenvalue weighted by Gasteiger charge is -2.24. The summed E-state index contributed by atoms with van der Waals surface area (Å²) in [5, 5.41) is 5.91. The topological polar surface area (TPSA) is 71.4 Å². The quantitative estimate of drug-likeness (QED) is 0.837. The Morgan fingerprint density at radius 2 is 2.10 bits per heavy atom. The summed E-state index contributed by atoms with van der Waals surface area (Å²) in [6.45, 7) is 1.96. The molecule has 1 aliphatic rings. The predicted molar refractivity (Wildman–Crippen MR) is 78.4 cm³/mol. The second kappa shape index (κ2) is 7.12. The minimum absolute atomic E-state index is 0.00293. The van der Waals surface area contributed by atoms with Gasteiger partial charge in [-0.3, -0.25) is 4.79 Å². The van der Waals surface area contributed by atoms with Crippen LogP contribution in [-0.4, -0.2) is 16.9 Å². The minimum atomic E-state index is -0.00293. The molecule has 5 heteroatoms. The molecule has 0 spiro atoms. The molecule has 0 aliphatic heterocycles. The molecule has 0 bridgehead atoms. The van der Waals surface area contributed by atoms with Crippen LogP contribution in [0.25, 0.3) is 0 Å². The molecular weight excluding hydrogens is 254 g/mol. The maximum Gasteiger partial charge on any atom is 0.225 e. The third kappa shape index (κ3) is 4.40. The summed E-state index contributed by atoms with van der Waals surface area (Å²) >= 11 is 0.